The van der Waals surface area contributed by atoms with Crippen molar-refractivity contribution >= 4 is 11.8 Å². The Morgan fingerprint density at radius 3 is 3.05 bits per heavy atom. The van der Waals surface area contributed by atoms with E-state index < -0.39 is 0 Å². The van der Waals surface area contributed by atoms with Crippen molar-refractivity contribution in [2.24, 2.45) is 7.05 Å². The Hall–Kier alpha value is -1.46. The first-order valence-corrected chi connectivity index (χ1v) is 8.26. The molecule has 2 aromatic rings. The van der Waals surface area contributed by atoms with Gasteiger partial charge in [-0.1, -0.05) is 25.1 Å². The summed E-state index contributed by atoms with van der Waals surface area (Å²) in [5.74, 6) is 1.01. The van der Waals surface area contributed by atoms with Gasteiger partial charge in [-0.05, 0) is 19.0 Å². The highest BCUT2D eigenvalue weighted by Gasteiger charge is 2.31. The number of ether oxygens (including phenoxy) is 1. The van der Waals surface area contributed by atoms with Crippen LogP contribution in [-0.2, 0) is 7.05 Å². The molecule has 0 spiro atoms. The van der Waals surface area contributed by atoms with Crippen LogP contribution in [0.3, 0.4) is 0 Å². The van der Waals surface area contributed by atoms with Crippen molar-refractivity contribution in [3.05, 3.63) is 42.2 Å². The molecule has 1 aliphatic heterocycles. The van der Waals surface area contributed by atoms with Crippen LogP contribution >= 0.6 is 11.8 Å². The highest BCUT2D eigenvalue weighted by atomic mass is 32.2. The Morgan fingerprint density at radius 2 is 2.29 bits per heavy atom. The summed E-state index contributed by atoms with van der Waals surface area (Å²) in [5, 5.41) is 8.28. The molecule has 2 unspecified atom stereocenters. The van der Waals surface area contributed by atoms with Crippen LogP contribution in [0.25, 0.3) is 0 Å². The van der Waals surface area contributed by atoms with Crippen molar-refractivity contribution in [1.29, 1.82) is 0 Å². The van der Waals surface area contributed by atoms with Crippen molar-refractivity contribution in [2.75, 3.05) is 13.2 Å². The third kappa shape index (κ3) is 3.24. The number of benzene rings is 1. The molecule has 2 atom stereocenters. The monoisotopic (exact) mass is 303 g/mol. The van der Waals surface area contributed by atoms with Gasteiger partial charge in [0.05, 0.1) is 17.5 Å². The first-order chi connectivity index (χ1) is 10.3. The second kappa shape index (κ2) is 6.54. The zero-order chi connectivity index (χ0) is 14.7. The number of hydrogen-bond donors (Lipinski definition) is 1. The fraction of sp³-hybridized carbons (Fsp3) is 0.438. The van der Waals surface area contributed by atoms with Crippen LogP contribution in [0, 0.1) is 0 Å². The number of thioether (sulfide) groups is 1. The summed E-state index contributed by atoms with van der Waals surface area (Å²) in [6, 6.07) is 8.66. The Labute approximate surface area is 129 Å². The van der Waals surface area contributed by atoms with Crippen molar-refractivity contribution in [3.63, 3.8) is 0 Å². The smallest absolute Gasteiger partial charge is 0.124 e. The average molecular weight is 303 g/mol. The van der Waals surface area contributed by atoms with Gasteiger partial charge in [0.1, 0.15) is 12.4 Å². The highest BCUT2D eigenvalue weighted by Crippen LogP contribution is 2.39. The molecule has 3 rings (SSSR count). The van der Waals surface area contributed by atoms with Crippen LogP contribution in [-0.4, -0.2) is 28.2 Å². The van der Waals surface area contributed by atoms with Crippen molar-refractivity contribution in [1.82, 2.24) is 15.1 Å². The number of rotatable bonds is 5. The number of aryl methyl sites for hydroxylation is 1. The predicted molar refractivity (Wildman–Crippen MR) is 85.8 cm³/mol. The van der Waals surface area contributed by atoms with Gasteiger partial charge in [-0.3, -0.25) is 4.68 Å². The number of para-hydroxylation sites is 1. The molecule has 5 heteroatoms. The number of nitrogens with one attached hydrogen (secondary N) is 1. The van der Waals surface area contributed by atoms with Gasteiger partial charge in [-0.2, -0.15) is 5.10 Å². The second-order valence-corrected chi connectivity index (χ2v) is 6.60. The predicted octanol–water partition coefficient (Wildman–Crippen LogP) is 3.01. The molecule has 0 radical (unpaired) electrons. The standard InChI is InChI=1S/C16H21N3OS/c1-3-8-17-16-13-6-4-5-7-14(13)20-11-15(16)21-12-9-18-19(2)10-12/h4-7,9-10,15-17H,3,8,11H2,1-2H3. The van der Waals surface area contributed by atoms with Crippen LogP contribution < -0.4 is 10.1 Å². The van der Waals surface area contributed by atoms with Gasteiger partial charge in [0.25, 0.3) is 0 Å². The summed E-state index contributed by atoms with van der Waals surface area (Å²) in [6.07, 6.45) is 5.11. The molecule has 1 aliphatic rings. The van der Waals surface area contributed by atoms with Crippen LogP contribution in [0.5, 0.6) is 5.75 Å². The first-order valence-electron chi connectivity index (χ1n) is 7.38. The molecule has 0 amide bonds. The quantitative estimate of drug-likeness (QED) is 0.921. The number of hydrogen-bond acceptors (Lipinski definition) is 4. The number of fused-ring (bicyclic) bond motifs is 1. The molecule has 0 bridgehead atoms. The Morgan fingerprint density at radius 1 is 1.43 bits per heavy atom. The molecule has 0 saturated carbocycles. The van der Waals surface area contributed by atoms with E-state index in [4.69, 9.17) is 4.74 Å². The summed E-state index contributed by atoms with van der Waals surface area (Å²) in [4.78, 5) is 1.19. The van der Waals surface area contributed by atoms with Crippen molar-refractivity contribution < 1.29 is 4.74 Å². The van der Waals surface area contributed by atoms with Crippen molar-refractivity contribution in [2.45, 2.75) is 29.5 Å². The van der Waals surface area contributed by atoms with E-state index >= 15 is 0 Å². The molecule has 1 aromatic heterocycles. The molecule has 4 nitrogen and oxygen atoms in total. The number of nitrogens with zero attached hydrogens (tertiary/aromatic N) is 2. The van der Waals surface area contributed by atoms with E-state index in [1.165, 1.54) is 10.5 Å². The van der Waals surface area contributed by atoms with Crippen LogP contribution in [0.15, 0.2) is 41.6 Å². The van der Waals surface area contributed by atoms with Gasteiger partial charge >= 0.3 is 0 Å². The minimum absolute atomic E-state index is 0.320. The van der Waals surface area contributed by atoms with Gasteiger partial charge < -0.3 is 10.1 Å². The van der Waals surface area contributed by atoms with Gasteiger partial charge in [0.2, 0.25) is 0 Å². The molecular weight excluding hydrogens is 282 g/mol. The zero-order valence-corrected chi connectivity index (χ0v) is 13.3. The molecule has 0 aliphatic carbocycles. The maximum absolute atomic E-state index is 5.94. The highest BCUT2D eigenvalue weighted by molar-refractivity contribution is 8.00. The molecule has 1 N–H and O–H groups in total. The van der Waals surface area contributed by atoms with E-state index in [1.807, 2.05) is 35.8 Å². The van der Waals surface area contributed by atoms with Crippen molar-refractivity contribution in [3.8, 4) is 5.75 Å². The first kappa shape index (κ1) is 14.5. The topological polar surface area (TPSA) is 39.1 Å². The fourth-order valence-corrected chi connectivity index (χ4v) is 3.80. The summed E-state index contributed by atoms with van der Waals surface area (Å²) in [6.45, 7) is 3.93. The molecule has 0 saturated heterocycles. The van der Waals surface area contributed by atoms with Gasteiger partial charge in [0, 0.05) is 23.7 Å². The lowest BCUT2D eigenvalue weighted by Crippen LogP contribution is -2.37. The van der Waals surface area contributed by atoms with Gasteiger partial charge in [0.15, 0.2) is 0 Å². The summed E-state index contributed by atoms with van der Waals surface area (Å²) in [5.41, 5.74) is 1.26. The molecule has 112 valence electrons. The maximum atomic E-state index is 5.94. The van der Waals surface area contributed by atoms with E-state index in [-0.39, 0.29) is 0 Å². The average Bonchev–Trinajstić information content (AvgIpc) is 2.91. The third-order valence-corrected chi connectivity index (χ3v) is 4.81. The van der Waals surface area contributed by atoms with Crippen LogP contribution in [0.2, 0.25) is 0 Å². The Balaban J connectivity index is 1.82. The van der Waals surface area contributed by atoms with E-state index in [9.17, 15) is 0 Å². The largest absolute Gasteiger partial charge is 0.492 e. The normalized spacial score (nSPS) is 20.9. The molecule has 2 heterocycles. The van der Waals surface area contributed by atoms with E-state index in [2.05, 4.69) is 41.7 Å². The second-order valence-electron chi connectivity index (χ2n) is 5.29. The van der Waals surface area contributed by atoms with E-state index in [0.29, 0.717) is 11.3 Å². The third-order valence-electron chi connectivity index (χ3n) is 3.61. The minimum atomic E-state index is 0.320. The Kier molecular flexibility index (Phi) is 4.51. The Bertz CT molecular complexity index is 599. The zero-order valence-electron chi connectivity index (χ0n) is 12.5. The lowest BCUT2D eigenvalue weighted by Gasteiger charge is -2.33. The molecule has 21 heavy (non-hydrogen) atoms. The molecular formula is C16H21N3OS. The molecule has 0 fully saturated rings. The number of aromatic nitrogens is 2. The lowest BCUT2D eigenvalue weighted by atomic mass is 10.00. The van der Waals surface area contributed by atoms with Gasteiger partial charge in [-0.15, -0.1) is 11.8 Å². The van der Waals surface area contributed by atoms with Crippen LogP contribution in [0.1, 0.15) is 24.9 Å². The summed E-state index contributed by atoms with van der Waals surface area (Å²) < 4.78 is 7.78. The van der Waals surface area contributed by atoms with E-state index in [1.54, 1.807) is 0 Å². The maximum Gasteiger partial charge on any atom is 0.124 e. The molecule has 1 aromatic carbocycles. The van der Waals surface area contributed by atoms with Gasteiger partial charge in [-0.25, -0.2) is 0 Å². The van der Waals surface area contributed by atoms with Crippen LogP contribution in [0.4, 0.5) is 0 Å². The lowest BCUT2D eigenvalue weighted by molar-refractivity contribution is 0.260. The minimum Gasteiger partial charge on any atom is -0.492 e. The summed E-state index contributed by atoms with van der Waals surface area (Å²) >= 11 is 1.84. The summed E-state index contributed by atoms with van der Waals surface area (Å²) in [7, 11) is 1.95. The fourth-order valence-electron chi connectivity index (χ4n) is 2.62. The SMILES string of the molecule is CCCNC1c2ccccc2OCC1Sc1cnn(C)c1. The van der Waals surface area contributed by atoms with E-state index in [0.717, 1.165) is 25.3 Å².